The molecule has 0 fully saturated rings. The molecule has 0 aliphatic heterocycles. The van der Waals surface area contributed by atoms with Crippen molar-refractivity contribution in [2.45, 2.75) is 32.0 Å². The van der Waals surface area contributed by atoms with Crippen LogP contribution in [-0.4, -0.2) is 10.9 Å². The summed E-state index contributed by atoms with van der Waals surface area (Å²) in [4.78, 5) is 4.08. The molecule has 0 radical (unpaired) electrons. The third-order valence-corrected chi connectivity index (χ3v) is 5.47. The van der Waals surface area contributed by atoms with Crippen LogP contribution in [0.2, 0.25) is 0 Å². The zero-order chi connectivity index (χ0) is 17.3. The van der Waals surface area contributed by atoms with Crippen molar-refractivity contribution >= 4 is 25.0 Å². The Labute approximate surface area is 148 Å². The molecule has 2 rings (SSSR count). The smallest absolute Gasteiger partial charge is 0.415 e. The lowest BCUT2D eigenvalue weighted by Crippen LogP contribution is -2.15. The minimum absolute atomic E-state index is 0.470. The molecular formula is C18H20NO3PS. The van der Waals surface area contributed by atoms with Crippen LogP contribution in [0.15, 0.2) is 65.7 Å². The fraction of sp³-hybridized carbons (Fsp3) is 0.278. The Kier molecular flexibility index (Phi) is 7.20. The van der Waals surface area contributed by atoms with E-state index in [0.29, 0.717) is 17.9 Å². The van der Waals surface area contributed by atoms with Crippen LogP contribution in [-0.2, 0) is 4.57 Å². The van der Waals surface area contributed by atoms with Gasteiger partial charge in [-0.3, -0.25) is 0 Å². The molecule has 1 unspecified atom stereocenters. The van der Waals surface area contributed by atoms with Crippen LogP contribution in [0.1, 0.15) is 26.2 Å². The molecule has 6 heteroatoms. The summed E-state index contributed by atoms with van der Waals surface area (Å²) in [6, 6.07) is 17.9. The maximum atomic E-state index is 13.5. The lowest BCUT2D eigenvalue weighted by atomic mass is 10.2. The lowest BCUT2D eigenvalue weighted by Gasteiger charge is -2.24. The van der Waals surface area contributed by atoms with E-state index in [1.165, 1.54) is 0 Å². The summed E-state index contributed by atoms with van der Waals surface area (Å²) in [5.74, 6) is 0.256. The summed E-state index contributed by atoms with van der Waals surface area (Å²) in [5.41, 5.74) is 0. The Balaban J connectivity index is 2.34. The van der Waals surface area contributed by atoms with E-state index in [9.17, 15) is 4.57 Å². The predicted molar refractivity (Wildman–Crippen MR) is 100 cm³/mol. The molecule has 1 atom stereocenters. The van der Waals surface area contributed by atoms with E-state index in [1.54, 1.807) is 24.3 Å². The zero-order valence-corrected chi connectivity index (χ0v) is 15.2. The standard InChI is InChI=1S/C18H20NO3PS/c1-2-3-14-18(19-15-24)23(20,21-16-10-6-4-7-11-16)22-17-12-8-5-9-13-17/h4-13,18H,2-3,14H2,1H3. The van der Waals surface area contributed by atoms with Crippen molar-refractivity contribution in [3.05, 3.63) is 60.7 Å². The van der Waals surface area contributed by atoms with E-state index in [-0.39, 0.29) is 0 Å². The molecule has 0 heterocycles. The highest BCUT2D eigenvalue weighted by atomic mass is 32.1. The van der Waals surface area contributed by atoms with E-state index in [0.717, 1.165) is 12.8 Å². The molecule has 0 bridgehead atoms. The summed E-state index contributed by atoms with van der Waals surface area (Å²) in [6.45, 7) is 2.05. The second kappa shape index (κ2) is 9.39. The Bertz CT molecular complexity index is 672. The predicted octanol–water partition coefficient (Wildman–Crippen LogP) is 5.96. The van der Waals surface area contributed by atoms with Crippen molar-refractivity contribution in [2.24, 2.45) is 4.99 Å². The number of hydrogen-bond donors (Lipinski definition) is 0. The normalized spacial score (nSPS) is 12.0. The van der Waals surface area contributed by atoms with Gasteiger partial charge in [0.25, 0.3) is 0 Å². The fourth-order valence-corrected chi connectivity index (χ4v) is 4.15. The summed E-state index contributed by atoms with van der Waals surface area (Å²) >= 11 is 4.73. The van der Waals surface area contributed by atoms with Gasteiger partial charge in [-0.05, 0) is 42.9 Å². The second-order valence-electron chi connectivity index (χ2n) is 5.19. The van der Waals surface area contributed by atoms with Gasteiger partial charge in [-0.25, -0.2) is 9.56 Å². The maximum Gasteiger partial charge on any atom is 0.455 e. The first kappa shape index (κ1) is 18.4. The molecule has 4 nitrogen and oxygen atoms in total. The lowest BCUT2D eigenvalue weighted by molar-refractivity contribution is 0.368. The summed E-state index contributed by atoms with van der Waals surface area (Å²) in [7, 11) is -3.62. The van der Waals surface area contributed by atoms with Gasteiger partial charge < -0.3 is 9.05 Å². The molecule has 0 aliphatic rings. The molecule has 0 amide bonds. The Morgan fingerprint density at radius 1 is 1.04 bits per heavy atom. The van der Waals surface area contributed by atoms with Crippen LogP contribution >= 0.6 is 19.8 Å². The van der Waals surface area contributed by atoms with Gasteiger partial charge in [0.05, 0.1) is 5.16 Å². The first-order valence-corrected chi connectivity index (χ1v) is 9.86. The summed E-state index contributed by atoms with van der Waals surface area (Å²) in [5, 5.41) is 2.33. The average Bonchev–Trinajstić information content (AvgIpc) is 2.60. The molecule has 2 aromatic rings. The van der Waals surface area contributed by atoms with Crippen molar-refractivity contribution in [3.8, 4) is 11.5 Å². The third kappa shape index (κ3) is 5.31. The molecule has 0 spiro atoms. The first-order valence-electron chi connectivity index (χ1n) is 7.84. The molecule has 0 saturated heterocycles. The van der Waals surface area contributed by atoms with Crippen LogP contribution < -0.4 is 9.05 Å². The van der Waals surface area contributed by atoms with E-state index in [2.05, 4.69) is 17.1 Å². The maximum absolute atomic E-state index is 13.5. The third-order valence-electron chi connectivity index (χ3n) is 3.33. The SMILES string of the molecule is CCCCC(N=C=S)P(=O)(Oc1ccccc1)Oc1ccccc1. The number of aliphatic imine (C=N–C) groups is 1. The van der Waals surface area contributed by atoms with Gasteiger partial charge in [0.1, 0.15) is 11.5 Å². The highest BCUT2D eigenvalue weighted by molar-refractivity contribution is 7.78. The first-order chi connectivity index (χ1) is 11.7. The van der Waals surface area contributed by atoms with Crippen LogP contribution in [0.3, 0.4) is 0 Å². The van der Waals surface area contributed by atoms with E-state index < -0.39 is 13.4 Å². The number of unbranched alkanes of at least 4 members (excludes halogenated alkanes) is 1. The van der Waals surface area contributed by atoms with Gasteiger partial charge in [-0.2, -0.15) is 0 Å². The monoisotopic (exact) mass is 361 g/mol. The summed E-state index contributed by atoms with van der Waals surface area (Å²) < 4.78 is 25.1. The van der Waals surface area contributed by atoms with Gasteiger partial charge in [-0.15, -0.1) is 0 Å². The van der Waals surface area contributed by atoms with Crippen molar-refractivity contribution in [3.63, 3.8) is 0 Å². The number of hydrogen-bond acceptors (Lipinski definition) is 5. The van der Waals surface area contributed by atoms with Gasteiger partial charge in [0, 0.05) is 0 Å². The number of nitrogens with zero attached hydrogens (tertiary/aromatic N) is 1. The van der Waals surface area contributed by atoms with Gasteiger partial charge in [0.15, 0.2) is 5.78 Å². The molecular weight excluding hydrogens is 341 g/mol. The van der Waals surface area contributed by atoms with E-state index in [4.69, 9.17) is 21.3 Å². The van der Waals surface area contributed by atoms with E-state index >= 15 is 0 Å². The van der Waals surface area contributed by atoms with Crippen molar-refractivity contribution in [1.82, 2.24) is 0 Å². The molecule has 2 aromatic carbocycles. The Morgan fingerprint density at radius 2 is 1.54 bits per heavy atom. The molecule has 0 aliphatic carbocycles. The van der Waals surface area contributed by atoms with Crippen molar-refractivity contribution < 1.29 is 13.6 Å². The number of thiocarbonyl (C=S) groups is 1. The van der Waals surface area contributed by atoms with Gasteiger partial charge in [0.2, 0.25) is 0 Å². The topological polar surface area (TPSA) is 47.9 Å². The second-order valence-corrected chi connectivity index (χ2v) is 7.42. The Hall–Kier alpha value is -1.93. The number of para-hydroxylation sites is 2. The van der Waals surface area contributed by atoms with Gasteiger partial charge >= 0.3 is 7.60 Å². The zero-order valence-electron chi connectivity index (χ0n) is 13.5. The average molecular weight is 361 g/mol. The van der Waals surface area contributed by atoms with Crippen molar-refractivity contribution in [2.75, 3.05) is 0 Å². The van der Waals surface area contributed by atoms with Crippen molar-refractivity contribution in [1.29, 1.82) is 0 Å². The van der Waals surface area contributed by atoms with Gasteiger partial charge in [-0.1, -0.05) is 56.2 Å². The quantitative estimate of drug-likeness (QED) is 0.314. The molecule has 24 heavy (non-hydrogen) atoms. The molecule has 0 N–H and O–H groups in total. The fourth-order valence-electron chi connectivity index (χ4n) is 2.14. The molecule has 0 aromatic heterocycles. The number of benzene rings is 2. The largest absolute Gasteiger partial charge is 0.455 e. The number of rotatable bonds is 9. The number of isothiocyanates is 1. The molecule has 0 saturated carbocycles. The van der Waals surface area contributed by atoms with Crippen LogP contribution in [0.4, 0.5) is 0 Å². The van der Waals surface area contributed by atoms with E-state index in [1.807, 2.05) is 36.4 Å². The minimum atomic E-state index is -3.62. The van der Waals surface area contributed by atoms with Crippen LogP contribution in [0.25, 0.3) is 0 Å². The summed E-state index contributed by atoms with van der Waals surface area (Å²) in [6.07, 6.45) is 2.34. The molecule has 126 valence electrons. The Morgan fingerprint density at radius 3 is 1.96 bits per heavy atom. The highest BCUT2D eigenvalue weighted by Gasteiger charge is 2.39. The minimum Gasteiger partial charge on any atom is -0.415 e. The van der Waals surface area contributed by atoms with Crippen LogP contribution in [0.5, 0.6) is 11.5 Å². The highest BCUT2D eigenvalue weighted by Crippen LogP contribution is 2.54. The van der Waals surface area contributed by atoms with Crippen LogP contribution in [0, 0.1) is 0 Å².